The fraction of sp³-hybridized carbons (Fsp3) is 0.350. The molecule has 1 unspecified atom stereocenters. The largest absolute Gasteiger partial charge is 0.493 e. The Kier molecular flexibility index (Phi) is 5.22. The van der Waals surface area contributed by atoms with E-state index in [2.05, 4.69) is 52.0 Å². The van der Waals surface area contributed by atoms with Crippen molar-refractivity contribution in [2.45, 2.75) is 40.0 Å². The Morgan fingerprint density at radius 3 is 2.23 bits per heavy atom. The SMILES string of the molecule is Cc1cc(C)c(OCCC(C#N)c2ccccc2C)c(C)c1. The Bertz CT molecular complexity index is 674. The number of nitriles is 1. The summed E-state index contributed by atoms with van der Waals surface area (Å²) in [6, 6.07) is 14.7. The van der Waals surface area contributed by atoms with Gasteiger partial charge >= 0.3 is 0 Å². The Morgan fingerprint density at radius 1 is 1.00 bits per heavy atom. The van der Waals surface area contributed by atoms with Gasteiger partial charge in [0.1, 0.15) is 5.75 Å². The minimum atomic E-state index is -0.118. The van der Waals surface area contributed by atoms with Gasteiger partial charge in [0, 0.05) is 6.42 Å². The molecule has 22 heavy (non-hydrogen) atoms. The molecule has 2 rings (SSSR count). The van der Waals surface area contributed by atoms with Crippen LogP contribution in [0.15, 0.2) is 36.4 Å². The first-order chi connectivity index (χ1) is 10.5. The molecule has 2 aromatic carbocycles. The van der Waals surface area contributed by atoms with Crippen LogP contribution in [0, 0.1) is 39.0 Å². The number of rotatable bonds is 5. The van der Waals surface area contributed by atoms with Crippen molar-refractivity contribution in [1.29, 1.82) is 5.26 Å². The molecule has 114 valence electrons. The van der Waals surface area contributed by atoms with E-state index in [9.17, 15) is 5.26 Å². The monoisotopic (exact) mass is 293 g/mol. The van der Waals surface area contributed by atoms with Crippen molar-refractivity contribution in [1.82, 2.24) is 0 Å². The van der Waals surface area contributed by atoms with E-state index < -0.39 is 0 Å². The van der Waals surface area contributed by atoms with Crippen molar-refractivity contribution >= 4 is 0 Å². The highest BCUT2D eigenvalue weighted by molar-refractivity contribution is 5.43. The fourth-order valence-electron chi connectivity index (χ4n) is 2.94. The van der Waals surface area contributed by atoms with Crippen LogP contribution in [0.5, 0.6) is 5.75 Å². The quantitative estimate of drug-likeness (QED) is 0.777. The minimum Gasteiger partial charge on any atom is -0.493 e. The third-order valence-electron chi connectivity index (χ3n) is 3.98. The van der Waals surface area contributed by atoms with E-state index in [0.717, 1.165) is 28.0 Å². The molecule has 0 aliphatic heterocycles. The number of ether oxygens (including phenoxy) is 1. The molecule has 0 fully saturated rings. The lowest BCUT2D eigenvalue weighted by molar-refractivity contribution is 0.302. The normalized spacial score (nSPS) is 11.8. The van der Waals surface area contributed by atoms with Crippen LogP contribution in [0.3, 0.4) is 0 Å². The van der Waals surface area contributed by atoms with Crippen LogP contribution in [0.4, 0.5) is 0 Å². The molecular weight excluding hydrogens is 270 g/mol. The van der Waals surface area contributed by atoms with Crippen LogP contribution in [0.2, 0.25) is 0 Å². The zero-order valence-electron chi connectivity index (χ0n) is 13.8. The van der Waals surface area contributed by atoms with Crippen LogP contribution >= 0.6 is 0 Å². The molecule has 0 amide bonds. The van der Waals surface area contributed by atoms with Crippen LogP contribution in [-0.2, 0) is 0 Å². The molecule has 0 saturated carbocycles. The molecule has 0 aliphatic carbocycles. The Balaban J connectivity index is 2.04. The molecule has 0 N–H and O–H groups in total. The summed E-state index contributed by atoms with van der Waals surface area (Å²) in [4.78, 5) is 0. The molecule has 0 radical (unpaired) electrons. The van der Waals surface area contributed by atoms with E-state index >= 15 is 0 Å². The number of nitrogens with zero attached hydrogens (tertiary/aromatic N) is 1. The zero-order valence-corrected chi connectivity index (χ0v) is 13.8. The molecule has 2 nitrogen and oxygen atoms in total. The fourth-order valence-corrected chi connectivity index (χ4v) is 2.94. The smallest absolute Gasteiger partial charge is 0.125 e. The van der Waals surface area contributed by atoms with Crippen molar-refractivity contribution in [3.05, 3.63) is 64.2 Å². The van der Waals surface area contributed by atoms with Crippen molar-refractivity contribution in [2.75, 3.05) is 6.61 Å². The second-order valence-electron chi connectivity index (χ2n) is 5.90. The van der Waals surface area contributed by atoms with Crippen LogP contribution in [0.25, 0.3) is 0 Å². The molecule has 2 aromatic rings. The summed E-state index contributed by atoms with van der Waals surface area (Å²) in [6.45, 7) is 8.83. The highest BCUT2D eigenvalue weighted by Crippen LogP contribution is 2.27. The van der Waals surface area contributed by atoms with Gasteiger partial charge in [-0.3, -0.25) is 0 Å². The van der Waals surface area contributed by atoms with E-state index in [1.807, 2.05) is 18.2 Å². The molecule has 1 atom stereocenters. The maximum atomic E-state index is 9.44. The van der Waals surface area contributed by atoms with Crippen LogP contribution in [0.1, 0.15) is 40.2 Å². The highest BCUT2D eigenvalue weighted by atomic mass is 16.5. The maximum absolute atomic E-state index is 9.44. The standard InChI is InChI=1S/C20H23NO/c1-14-11-16(3)20(17(4)12-14)22-10-9-18(13-21)19-8-6-5-7-15(19)2/h5-8,11-12,18H,9-10H2,1-4H3. The van der Waals surface area contributed by atoms with E-state index in [-0.39, 0.29) is 5.92 Å². The van der Waals surface area contributed by atoms with Gasteiger partial charge in [0.25, 0.3) is 0 Å². The maximum Gasteiger partial charge on any atom is 0.125 e. The van der Waals surface area contributed by atoms with Crippen molar-refractivity contribution in [3.8, 4) is 11.8 Å². The van der Waals surface area contributed by atoms with E-state index in [1.54, 1.807) is 0 Å². The summed E-state index contributed by atoms with van der Waals surface area (Å²) in [5.41, 5.74) is 5.82. The van der Waals surface area contributed by atoms with E-state index in [4.69, 9.17) is 4.74 Å². The van der Waals surface area contributed by atoms with Crippen molar-refractivity contribution in [3.63, 3.8) is 0 Å². The number of benzene rings is 2. The average Bonchev–Trinajstić information content (AvgIpc) is 2.47. The molecule has 0 heterocycles. The Hall–Kier alpha value is -2.27. The lowest BCUT2D eigenvalue weighted by Crippen LogP contribution is -2.07. The summed E-state index contributed by atoms with van der Waals surface area (Å²) in [5, 5.41) is 9.44. The average molecular weight is 293 g/mol. The molecule has 0 bridgehead atoms. The molecule has 0 saturated heterocycles. The number of hydrogen-bond donors (Lipinski definition) is 0. The Morgan fingerprint density at radius 2 is 1.64 bits per heavy atom. The first-order valence-corrected chi connectivity index (χ1v) is 7.68. The second kappa shape index (κ2) is 7.13. The first-order valence-electron chi connectivity index (χ1n) is 7.68. The van der Waals surface area contributed by atoms with Crippen LogP contribution < -0.4 is 4.74 Å². The topological polar surface area (TPSA) is 33.0 Å². The van der Waals surface area contributed by atoms with Gasteiger partial charge in [0.05, 0.1) is 18.6 Å². The van der Waals surface area contributed by atoms with Crippen molar-refractivity contribution in [2.24, 2.45) is 0 Å². The third kappa shape index (κ3) is 3.68. The lowest BCUT2D eigenvalue weighted by atomic mass is 9.94. The van der Waals surface area contributed by atoms with Gasteiger partial charge in [-0.1, -0.05) is 42.0 Å². The third-order valence-corrected chi connectivity index (χ3v) is 3.98. The van der Waals surface area contributed by atoms with Gasteiger partial charge < -0.3 is 4.74 Å². The van der Waals surface area contributed by atoms with E-state index in [1.165, 1.54) is 5.56 Å². The van der Waals surface area contributed by atoms with Gasteiger partial charge in [-0.25, -0.2) is 0 Å². The van der Waals surface area contributed by atoms with Gasteiger partial charge in [0.15, 0.2) is 0 Å². The highest BCUT2D eigenvalue weighted by Gasteiger charge is 2.13. The summed E-state index contributed by atoms with van der Waals surface area (Å²) >= 11 is 0. The molecular formula is C20H23NO. The van der Waals surface area contributed by atoms with Gasteiger partial charge in [0.2, 0.25) is 0 Å². The number of hydrogen-bond acceptors (Lipinski definition) is 2. The lowest BCUT2D eigenvalue weighted by Gasteiger charge is -2.16. The Labute approximate surface area is 133 Å². The van der Waals surface area contributed by atoms with Gasteiger partial charge in [-0.15, -0.1) is 0 Å². The van der Waals surface area contributed by atoms with E-state index in [0.29, 0.717) is 13.0 Å². The predicted octanol–water partition coefficient (Wildman–Crippen LogP) is 5.00. The minimum absolute atomic E-state index is 0.118. The zero-order chi connectivity index (χ0) is 16.1. The summed E-state index contributed by atoms with van der Waals surface area (Å²) in [7, 11) is 0. The van der Waals surface area contributed by atoms with Gasteiger partial charge in [-0.2, -0.15) is 5.26 Å². The van der Waals surface area contributed by atoms with Crippen LogP contribution in [-0.4, -0.2) is 6.61 Å². The summed E-state index contributed by atoms with van der Waals surface area (Å²) in [6.07, 6.45) is 0.702. The predicted molar refractivity (Wildman–Crippen MR) is 90.3 cm³/mol. The molecule has 2 heteroatoms. The van der Waals surface area contributed by atoms with Gasteiger partial charge in [-0.05, 0) is 49.9 Å². The second-order valence-corrected chi connectivity index (χ2v) is 5.90. The molecule has 0 aliphatic rings. The number of aryl methyl sites for hydroxylation is 4. The van der Waals surface area contributed by atoms with Crippen molar-refractivity contribution < 1.29 is 4.74 Å². The summed E-state index contributed by atoms with van der Waals surface area (Å²) < 4.78 is 5.97. The molecule has 0 spiro atoms. The molecule has 0 aromatic heterocycles. The summed E-state index contributed by atoms with van der Waals surface area (Å²) in [5.74, 6) is 0.833. The first kappa shape index (κ1) is 16.1.